The van der Waals surface area contributed by atoms with Gasteiger partial charge in [0.25, 0.3) is 0 Å². The fourth-order valence-corrected chi connectivity index (χ4v) is 2.04. The van der Waals surface area contributed by atoms with Crippen molar-refractivity contribution in [1.82, 2.24) is 5.32 Å². The van der Waals surface area contributed by atoms with Crippen molar-refractivity contribution in [1.29, 1.82) is 0 Å². The van der Waals surface area contributed by atoms with Crippen molar-refractivity contribution in [2.45, 2.75) is 32.9 Å². The molecule has 1 rings (SSSR count). The Balaban J connectivity index is 2.44. The Morgan fingerprint density at radius 2 is 2.15 bits per heavy atom. The van der Waals surface area contributed by atoms with Crippen LogP contribution in [0.25, 0.3) is 0 Å². The summed E-state index contributed by atoms with van der Waals surface area (Å²) in [6.07, 6.45) is -0.275. The van der Waals surface area contributed by atoms with Crippen LogP contribution in [0.4, 0.5) is 0 Å². The highest BCUT2D eigenvalue weighted by Gasteiger charge is 2.07. The Morgan fingerprint density at radius 3 is 2.62 bits per heavy atom. The summed E-state index contributed by atoms with van der Waals surface area (Å²) in [7, 11) is 0. The maximum absolute atomic E-state index is 9.09. The van der Waals surface area contributed by atoms with Crippen molar-refractivity contribution in [3.05, 3.63) is 21.9 Å². The van der Waals surface area contributed by atoms with E-state index in [9.17, 15) is 0 Å². The summed E-state index contributed by atoms with van der Waals surface area (Å²) >= 11 is 1.80. The second-order valence-electron chi connectivity index (χ2n) is 3.43. The van der Waals surface area contributed by atoms with Gasteiger partial charge in [-0.1, -0.05) is 0 Å². The van der Waals surface area contributed by atoms with Crippen molar-refractivity contribution >= 4 is 11.3 Å². The Labute approximate surface area is 83.6 Å². The van der Waals surface area contributed by atoms with Crippen LogP contribution >= 0.6 is 11.3 Å². The molecule has 0 saturated heterocycles. The second-order valence-corrected chi connectivity index (χ2v) is 4.75. The topological polar surface area (TPSA) is 32.3 Å². The summed E-state index contributed by atoms with van der Waals surface area (Å²) in [5, 5.41) is 12.4. The average Bonchev–Trinajstić information content (AvgIpc) is 2.47. The molecule has 3 heteroatoms. The van der Waals surface area contributed by atoms with Crippen LogP contribution in [0.2, 0.25) is 0 Å². The molecule has 0 aliphatic rings. The van der Waals surface area contributed by atoms with E-state index < -0.39 is 0 Å². The van der Waals surface area contributed by atoms with Crippen LogP contribution in [0.1, 0.15) is 29.6 Å². The lowest BCUT2D eigenvalue weighted by molar-refractivity contribution is 0.187. The van der Waals surface area contributed by atoms with Gasteiger partial charge in [0.15, 0.2) is 0 Å². The van der Waals surface area contributed by atoms with Gasteiger partial charge in [0, 0.05) is 22.3 Å². The van der Waals surface area contributed by atoms with Gasteiger partial charge in [-0.25, -0.2) is 0 Å². The summed E-state index contributed by atoms with van der Waals surface area (Å²) in [5.74, 6) is 0. The van der Waals surface area contributed by atoms with Crippen molar-refractivity contribution in [2.75, 3.05) is 6.54 Å². The lowest BCUT2D eigenvalue weighted by atomic mass is 10.2. The van der Waals surface area contributed by atoms with Gasteiger partial charge in [-0.2, -0.15) is 0 Å². The SMILES string of the molecule is Cc1ccc([C@H](C)NC[C@@H](C)O)s1. The van der Waals surface area contributed by atoms with Crippen LogP contribution in [0.3, 0.4) is 0 Å². The molecule has 2 N–H and O–H groups in total. The predicted octanol–water partition coefficient (Wildman–Crippen LogP) is 2.09. The number of hydrogen-bond acceptors (Lipinski definition) is 3. The number of aliphatic hydroxyl groups is 1. The van der Waals surface area contributed by atoms with E-state index in [0.29, 0.717) is 12.6 Å². The van der Waals surface area contributed by atoms with E-state index >= 15 is 0 Å². The van der Waals surface area contributed by atoms with Gasteiger partial charge in [0.2, 0.25) is 0 Å². The third kappa shape index (κ3) is 3.46. The molecule has 0 unspecified atom stereocenters. The smallest absolute Gasteiger partial charge is 0.0636 e. The highest BCUT2D eigenvalue weighted by atomic mass is 32.1. The highest BCUT2D eigenvalue weighted by molar-refractivity contribution is 7.12. The maximum Gasteiger partial charge on any atom is 0.0636 e. The molecule has 0 aliphatic carbocycles. The van der Waals surface area contributed by atoms with Crippen LogP contribution in [0, 0.1) is 6.92 Å². The number of aliphatic hydroxyl groups excluding tert-OH is 1. The minimum absolute atomic E-state index is 0.275. The van der Waals surface area contributed by atoms with Crippen LogP contribution in [-0.4, -0.2) is 17.8 Å². The molecule has 1 heterocycles. The first-order chi connectivity index (χ1) is 6.09. The lowest BCUT2D eigenvalue weighted by Gasteiger charge is -2.13. The van der Waals surface area contributed by atoms with E-state index in [0.717, 1.165) is 0 Å². The van der Waals surface area contributed by atoms with Gasteiger partial charge in [-0.15, -0.1) is 11.3 Å². The van der Waals surface area contributed by atoms with Crippen LogP contribution < -0.4 is 5.32 Å². The second kappa shape index (κ2) is 4.74. The van der Waals surface area contributed by atoms with Gasteiger partial charge < -0.3 is 10.4 Å². The number of nitrogens with one attached hydrogen (secondary N) is 1. The molecule has 0 saturated carbocycles. The van der Waals surface area contributed by atoms with Gasteiger partial charge in [-0.05, 0) is 32.9 Å². The zero-order valence-corrected chi connectivity index (χ0v) is 9.19. The van der Waals surface area contributed by atoms with E-state index in [4.69, 9.17) is 5.11 Å². The summed E-state index contributed by atoms with van der Waals surface area (Å²) in [6.45, 7) is 6.67. The Kier molecular flexibility index (Phi) is 3.90. The molecule has 0 aromatic carbocycles. The van der Waals surface area contributed by atoms with Crippen LogP contribution in [-0.2, 0) is 0 Å². The molecule has 1 aromatic rings. The molecule has 74 valence electrons. The molecule has 0 amide bonds. The number of rotatable bonds is 4. The molecular weight excluding hydrogens is 182 g/mol. The fourth-order valence-electron chi connectivity index (χ4n) is 1.13. The molecule has 2 nitrogen and oxygen atoms in total. The molecule has 0 bridgehead atoms. The molecule has 0 radical (unpaired) electrons. The summed E-state index contributed by atoms with van der Waals surface area (Å²) in [5.41, 5.74) is 0. The van der Waals surface area contributed by atoms with Gasteiger partial charge in [0.05, 0.1) is 6.10 Å². The maximum atomic E-state index is 9.09. The zero-order chi connectivity index (χ0) is 9.84. The molecular formula is C10H17NOS. The van der Waals surface area contributed by atoms with Crippen LogP contribution in [0.5, 0.6) is 0 Å². The van der Waals surface area contributed by atoms with E-state index in [1.165, 1.54) is 9.75 Å². The minimum atomic E-state index is -0.275. The first-order valence-electron chi connectivity index (χ1n) is 4.57. The van der Waals surface area contributed by atoms with Crippen molar-refractivity contribution in [2.24, 2.45) is 0 Å². The molecule has 0 fully saturated rings. The molecule has 0 spiro atoms. The predicted molar refractivity (Wildman–Crippen MR) is 57.2 cm³/mol. The largest absolute Gasteiger partial charge is 0.392 e. The summed E-state index contributed by atoms with van der Waals surface area (Å²) in [4.78, 5) is 2.67. The quantitative estimate of drug-likeness (QED) is 0.778. The number of thiophene rings is 1. The average molecular weight is 199 g/mol. The monoisotopic (exact) mass is 199 g/mol. The molecule has 0 aliphatic heterocycles. The van der Waals surface area contributed by atoms with E-state index in [1.54, 1.807) is 18.3 Å². The van der Waals surface area contributed by atoms with Crippen molar-refractivity contribution < 1.29 is 5.11 Å². The van der Waals surface area contributed by atoms with Gasteiger partial charge >= 0.3 is 0 Å². The Bertz CT molecular complexity index is 257. The lowest BCUT2D eigenvalue weighted by Crippen LogP contribution is -2.26. The van der Waals surface area contributed by atoms with Gasteiger partial charge in [0.1, 0.15) is 0 Å². The number of hydrogen-bond donors (Lipinski definition) is 2. The molecule has 1 aromatic heterocycles. The minimum Gasteiger partial charge on any atom is -0.392 e. The summed E-state index contributed by atoms with van der Waals surface area (Å²) < 4.78 is 0. The first kappa shape index (κ1) is 10.7. The highest BCUT2D eigenvalue weighted by Crippen LogP contribution is 2.21. The van der Waals surface area contributed by atoms with E-state index in [-0.39, 0.29) is 6.10 Å². The van der Waals surface area contributed by atoms with Crippen molar-refractivity contribution in [3.8, 4) is 0 Å². The Hall–Kier alpha value is -0.380. The summed E-state index contributed by atoms with van der Waals surface area (Å²) in [6, 6.07) is 4.61. The molecule has 2 atom stereocenters. The first-order valence-corrected chi connectivity index (χ1v) is 5.39. The molecule has 13 heavy (non-hydrogen) atoms. The zero-order valence-electron chi connectivity index (χ0n) is 8.37. The Morgan fingerprint density at radius 1 is 1.46 bits per heavy atom. The third-order valence-corrected chi connectivity index (χ3v) is 3.09. The fraction of sp³-hybridized carbons (Fsp3) is 0.600. The van der Waals surface area contributed by atoms with Crippen molar-refractivity contribution in [3.63, 3.8) is 0 Å². The van der Waals surface area contributed by atoms with E-state index in [1.807, 2.05) is 0 Å². The third-order valence-electron chi connectivity index (χ3n) is 1.91. The number of aryl methyl sites for hydroxylation is 1. The van der Waals surface area contributed by atoms with Gasteiger partial charge in [-0.3, -0.25) is 0 Å². The normalized spacial score (nSPS) is 15.7. The van der Waals surface area contributed by atoms with E-state index in [2.05, 4.69) is 31.3 Å². The van der Waals surface area contributed by atoms with Crippen LogP contribution in [0.15, 0.2) is 12.1 Å². The standard InChI is InChI=1S/C10H17NOS/c1-7(12)6-11-9(3)10-5-4-8(2)13-10/h4-5,7,9,11-12H,6H2,1-3H3/t7-,9+/m1/s1.